The molecule has 1 saturated carbocycles. The smallest absolute Gasteiger partial charge is 0.356 e. The summed E-state index contributed by atoms with van der Waals surface area (Å²) in [6.45, 7) is 5.56. The van der Waals surface area contributed by atoms with Crippen molar-refractivity contribution in [2.75, 3.05) is 29.9 Å². The molecule has 34 heavy (non-hydrogen) atoms. The molecule has 0 radical (unpaired) electrons. The summed E-state index contributed by atoms with van der Waals surface area (Å²) < 4.78 is 1.59. The zero-order valence-electron chi connectivity index (χ0n) is 19.1. The van der Waals surface area contributed by atoms with E-state index in [1.54, 1.807) is 17.7 Å². The second-order valence-electron chi connectivity index (χ2n) is 9.31. The summed E-state index contributed by atoms with van der Waals surface area (Å²) >= 11 is 5.89. The second-order valence-corrected chi connectivity index (χ2v) is 9.69. The fraction of sp³-hybridized carbons (Fsp3) is 0.417. The number of carboxylic acid groups (broad SMARTS) is 1. The number of aryl methyl sites for hydroxylation is 1. The highest BCUT2D eigenvalue weighted by atomic mass is 35.5. The summed E-state index contributed by atoms with van der Waals surface area (Å²) in [5.41, 5.74) is 2.31. The molecule has 5 rings (SSSR count). The summed E-state index contributed by atoms with van der Waals surface area (Å²) in [6.07, 6.45) is 0. The van der Waals surface area contributed by atoms with Crippen LogP contribution in [0.2, 0.25) is 5.15 Å². The molecular formula is C24H26ClN5O4. The zero-order valence-corrected chi connectivity index (χ0v) is 19.9. The number of rotatable bonds is 6. The Balaban J connectivity index is 1.56. The van der Waals surface area contributed by atoms with E-state index in [0.29, 0.717) is 40.3 Å². The van der Waals surface area contributed by atoms with Gasteiger partial charge in [0.05, 0.1) is 22.6 Å². The highest BCUT2D eigenvalue weighted by Crippen LogP contribution is 2.51. The van der Waals surface area contributed by atoms with Gasteiger partial charge in [-0.15, -0.1) is 0 Å². The zero-order chi connectivity index (χ0) is 24.3. The van der Waals surface area contributed by atoms with Gasteiger partial charge in [-0.2, -0.15) is 0 Å². The highest BCUT2D eigenvalue weighted by Gasteiger charge is 2.55. The maximum Gasteiger partial charge on any atom is 0.356 e. The number of nitrogens with one attached hydrogen (secondary N) is 1. The number of pyridine rings is 1. The van der Waals surface area contributed by atoms with E-state index < -0.39 is 5.97 Å². The van der Waals surface area contributed by atoms with E-state index >= 15 is 0 Å². The molecule has 2 aliphatic rings. The second kappa shape index (κ2) is 8.25. The average molecular weight is 484 g/mol. The van der Waals surface area contributed by atoms with Crippen molar-refractivity contribution in [3.8, 4) is 0 Å². The molecule has 2 fully saturated rings. The van der Waals surface area contributed by atoms with Gasteiger partial charge in [0.25, 0.3) is 5.56 Å². The molecule has 2 aromatic heterocycles. The van der Waals surface area contributed by atoms with E-state index in [9.17, 15) is 19.8 Å². The number of hydrogen-bond acceptors (Lipinski definition) is 7. The molecular weight excluding hydrogens is 458 g/mol. The Morgan fingerprint density at radius 2 is 1.97 bits per heavy atom. The molecule has 0 spiro atoms. The van der Waals surface area contributed by atoms with Gasteiger partial charge in [-0.1, -0.05) is 17.7 Å². The van der Waals surface area contributed by atoms with E-state index in [-0.39, 0.29) is 29.1 Å². The molecule has 3 aromatic rings. The lowest BCUT2D eigenvalue weighted by atomic mass is 10.0. The molecule has 178 valence electrons. The van der Waals surface area contributed by atoms with Crippen LogP contribution in [0, 0.1) is 24.7 Å². The summed E-state index contributed by atoms with van der Waals surface area (Å²) in [6, 6.07) is 6.55. The van der Waals surface area contributed by atoms with E-state index in [1.165, 1.54) is 6.07 Å². The molecule has 3 heterocycles. The van der Waals surface area contributed by atoms with Gasteiger partial charge in [0.2, 0.25) is 5.95 Å². The summed E-state index contributed by atoms with van der Waals surface area (Å²) in [5, 5.41) is 22.8. The number of aromatic nitrogens is 3. The minimum atomic E-state index is -1.19. The molecule has 0 amide bonds. The van der Waals surface area contributed by atoms with Crippen molar-refractivity contribution in [3.63, 3.8) is 0 Å². The lowest BCUT2D eigenvalue weighted by Gasteiger charge is -2.24. The van der Waals surface area contributed by atoms with Crippen LogP contribution in [-0.2, 0) is 7.05 Å². The van der Waals surface area contributed by atoms with Crippen molar-refractivity contribution in [2.24, 2.45) is 24.8 Å². The highest BCUT2D eigenvalue weighted by molar-refractivity contribution is 6.29. The Bertz CT molecular complexity index is 1360. The normalized spacial score (nSPS) is 22.0. The van der Waals surface area contributed by atoms with Crippen LogP contribution in [-0.4, -0.2) is 50.4 Å². The van der Waals surface area contributed by atoms with Crippen molar-refractivity contribution >= 4 is 40.1 Å². The fourth-order valence-corrected chi connectivity index (χ4v) is 5.41. The lowest BCUT2D eigenvalue weighted by molar-refractivity contribution is 0.0691. The quantitative estimate of drug-likeness (QED) is 0.458. The lowest BCUT2D eigenvalue weighted by Crippen LogP contribution is -2.33. The molecule has 10 heteroatoms. The summed E-state index contributed by atoms with van der Waals surface area (Å²) in [4.78, 5) is 36.0. The third kappa shape index (κ3) is 3.69. The van der Waals surface area contributed by atoms with Gasteiger partial charge in [0.1, 0.15) is 5.15 Å². The van der Waals surface area contributed by atoms with Crippen molar-refractivity contribution in [1.29, 1.82) is 0 Å². The molecule has 0 bridgehead atoms. The SMILES string of the molecule is Cc1cc([C@H](C)Nc2ccc(Cl)nc2C(=O)O)c2nc(N3C[C@@H]4C(CO)[C@H]4C3)n(C)c(=O)c2c1. The van der Waals surface area contributed by atoms with Crippen molar-refractivity contribution < 1.29 is 15.0 Å². The molecule has 1 aromatic carbocycles. The maximum atomic E-state index is 13.3. The largest absolute Gasteiger partial charge is 0.476 e. The van der Waals surface area contributed by atoms with Crippen LogP contribution in [0.1, 0.15) is 34.6 Å². The van der Waals surface area contributed by atoms with Crippen LogP contribution in [0.4, 0.5) is 11.6 Å². The van der Waals surface area contributed by atoms with Gasteiger partial charge in [-0.3, -0.25) is 9.36 Å². The Labute approximate surface area is 201 Å². The van der Waals surface area contributed by atoms with Crippen molar-refractivity contribution in [2.45, 2.75) is 19.9 Å². The summed E-state index contributed by atoms with van der Waals surface area (Å²) in [7, 11) is 1.74. The van der Waals surface area contributed by atoms with E-state index in [2.05, 4.69) is 15.2 Å². The number of carboxylic acids is 1. The first-order chi connectivity index (χ1) is 16.2. The number of aliphatic hydroxyl groups excluding tert-OH is 1. The van der Waals surface area contributed by atoms with E-state index in [1.807, 2.05) is 26.0 Å². The van der Waals surface area contributed by atoms with Gasteiger partial charge in [-0.05, 0) is 55.4 Å². The maximum absolute atomic E-state index is 13.3. The number of nitrogens with zero attached hydrogens (tertiary/aromatic N) is 4. The van der Waals surface area contributed by atoms with E-state index in [4.69, 9.17) is 16.6 Å². The number of halogens is 1. The Morgan fingerprint density at radius 1 is 1.26 bits per heavy atom. The predicted molar refractivity (Wildman–Crippen MR) is 130 cm³/mol. The molecule has 1 aliphatic carbocycles. The number of aliphatic hydroxyl groups is 1. The molecule has 1 saturated heterocycles. The van der Waals surface area contributed by atoms with Crippen LogP contribution in [0.15, 0.2) is 29.1 Å². The first-order valence-electron chi connectivity index (χ1n) is 11.2. The number of benzene rings is 1. The van der Waals surface area contributed by atoms with Gasteiger partial charge < -0.3 is 20.4 Å². The molecule has 3 N–H and O–H groups in total. The van der Waals surface area contributed by atoms with Gasteiger partial charge in [0, 0.05) is 32.3 Å². The van der Waals surface area contributed by atoms with Crippen LogP contribution in [0.25, 0.3) is 10.9 Å². The topological polar surface area (TPSA) is 121 Å². The fourth-order valence-electron chi connectivity index (χ4n) is 5.26. The average Bonchev–Trinajstić information content (AvgIpc) is 3.27. The standard InChI is InChI=1S/C24H26ClN5O4/c1-11-6-13(12(2)26-18-4-5-19(25)27-21(18)23(33)34)20-14(7-11)22(32)29(3)24(28-20)30-8-15-16(9-30)17(15)10-31/h4-7,12,15-17,26,31H,8-10H2,1-3H3,(H,33,34)/t12-,15-,16-/m0/s1. The molecule has 3 atom stereocenters. The van der Waals surface area contributed by atoms with Crippen LogP contribution in [0.3, 0.4) is 0 Å². The Kier molecular flexibility index (Phi) is 5.49. The predicted octanol–water partition coefficient (Wildman–Crippen LogP) is 2.84. The number of aromatic carboxylic acids is 1. The van der Waals surface area contributed by atoms with Crippen molar-refractivity contribution in [1.82, 2.24) is 14.5 Å². The van der Waals surface area contributed by atoms with Crippen LogP contribution < -0.4 is 15.8 Å². The number of hydrogen-bond donors (Lipinski definition) is 3. The first-order valence-corrected chi connectivity index (χ1v) is 11.6. The van der Waals surface area contributed by atoms with Gasteiger partial charge in [-0.25, -0.2) is 14.8 Å². The third-order valence-electron chi connectivity index (χ3n) is 7.10. The van der Waals surface area contributed by atoms with Gasteiger partial charge in [0.15, 0.2) is 5.69 Å². The minimum absolute atomic E-state index is 0.0958. The molecule has 0 unspecified atom stereocenters. The monoisotopic (exact) mass is 483 g/mol. The third-order valence-corrected chi connectivity index (χ3v) is 7.31. The Morgan fingerprint density at radius 3 is 2.62 bits per heavy atom. The number of anilines is 2. The number of piperidine rings is 1. The van der Waals surface area contributed by atoms with Gasteiger partial charge >= 0.3 is 5.97 Å². The van der Waals surface area contributed by atoms with Crippen LogP contribution >= 0.6 is 11.6 Å². The number of carbonyl (C=O) groups is 1. The van der Waals surface area contributed by atoms with Crippen molar-refractivity contribution in [3.05, 3.63) is 56.6 Å². The minimum Gasteiger partial charge on any atom is -0.476 e. The summed E-state index contributed by atoms with van der Waals surface area (Å²) in [5.74, 6) is 0.671. The van der Waals surface area contributed by atoms with Crippen LogP contribution in [0.5, 0.6) is 0 Å². The first kappa shape index (κ1) is 22.6. The Hall–Kier alpha value is -3.17. The van der Waals surface area contributed by atoms with E-state index in [0.717, 1.165) is 24.2 Å². The molecule has 1 aliphatic heterocycles. The molecule has 9 nitrogen and oxygen atoms in total. The number of fused-ring (bicyclic) bond motifs is 2.